The fourth-order valence-corrected chi connectivity index (χ4v) is 31.8. The van der Waals surface area contributed by atoms with Gasteiger partial charge in [0, 0.05) is 0 Å². The first-order valence-corrected chi connectivity index (χ1v) is 15.6. The van der Waals surface area contributed by atoms with Crippen molar-refractivity contribution in [3.05, 3.63) is 0 Å². The summed E-state index contributed by atoms with van der Waals surface area (Å²) in [5.74, 6) is 0. The van der Waals surface area contributed by atoms with E-state index in [1.165, 1.54) is 0 Å². The molecule has 0 aromatic heterocycles. The Hall–Kier alpha value is 1.64. The molecule has 0 aromatic rings. The Morgan fingerprint density at radius 3 is 1.75 bits per heavy atom. The second kappa shape index (κ2) is 3.72. The van der Waals surface area contributed by atoms with E-state index in [0.29, 0.717) is 0 Å². The minimum absolute atomic E-state index is 0.832. The molecule has 0 N–H and O–H groups in total. The normalized spacial score (nSPS) is 11.5. The summed E-state index contributed by atoms with van der Waals surface area (Å²) < 4.78 is 0. The molecule has 0 aromatic carbocycles. The van der Waals surface area contributed by atoms with Crippen LogP contribution in [0.15, 0.2) is 0 Å². The molecule has 0 saturated carbocycles. The van der Waals surface area contributed by atoms with E-state index in [4.69, 9.17) is 11.8 Å². The van der Waals surface area contributed by atoms with Gasteiger partial charge in [-0.3, -0.25) is 0 Å². The standard InChI is InChI=1S/C2H7PS2.2CH3.Ga/c1-3(2,4)5;;;/h1-2H3,(H,4,5);2*1H3;/q;;;+1/p-1. The van der Waals surface area contributed by atoms with Gasteiger partial charge in [0.1, 0.15) is 0 Å². The molecule has 0 heterocycles. The van der Waals surface area contributed by atoms with Gasteiger partial charge in [-0.05, 0) is 0 Å². The summed E-state index contributed by atoms with van der Waals surface area (Å²) >= 11 is 4.45. The monoisotopic (exact) mass is 224 g/mol. The molecule has 0 fully saturated rings. The first kappa shape index (κ1) is 9.64. The van der Waals surface area contributed by atoms with Gasteiger partial charge in [0.2, 0.25) is 0 Å². The summed E-state index contributed by atoms with van der Waals surface area (Å²) in [6, 6.07) is 0. The third-order valence-corrected chi connectivity index (χ3v) is 25.8. The number of rotatable bonds is 2. The third-order valence-electron chi connectivity index (χ3n) is 0.465. The fourth-order valence-electron chi connectivity index (χ4n) is 0.508. The van der Waals surface area contributed by atoms with Crippen LogP contribution in [0.25, 0.3) is 0 Å². The summed E-state index contributed by atoms with van der Waals surface area (Å²) in [5.41, 5.74) is 4.76. The van der Waals surface area contributed by atoms with Gasteiger partial charge >= 0.3 is 65.6 Å². The molecule has 0 unspecified atom stereocenters. The predicted molar refractivity (Wildman–Crippen MR) is 51.2 cm³/mol. The molecule has 0 aliphatic heterocycles. The summed E-state index contributed by atoms with van der Waals surface area (Å²) in [5, 5.41) is -0.889. The van der Waals surface area contributed by atoms with E-state index >= 15 is 0 Å². The molecule has 0 nitrogen and oxygen atoms in total. The van der Waals surface area contributed by atoms with Crippen molar-refractivity contribution in [1.29, 1.82) is 0 Å². The Bertz CT molecular complexity index is 107. The summed E-state index contributed by atoms with van der Waals surface area (Å²) in [7, 11) is 2.12. The SMILES string of the molecule is [CH3][Ga]([CH3])[S]P(C)(C)=S. The molecule has 0 atom stereocenters. The van der Waals surface area contributed by atoms with Crippen molar-refractivity contribution in [2.45, 2.75) is 11.0 Å². The maximum atomic E-state index is 5.28. The zero-order chi connectivity index (χ0) is 6.78. The van der Waals surface area contributed by atoms with E-state index in [-0.39, 0.29) is 0 Å². The molecule has 0 aliphatic carbocycles. The average molecular weight is 225 g/mol. The molecule has 4 heteroatoms. The second-order valence-electron chi connectivity index (χ2n) is 2.41. The molecule has 0 saturated heterocycles. The maximum absolute atomic E-state index is 5.28. The zero-order valence-corrected chi connectivity index (χ0v) is 10.8. The van der Waals surface area contributed by atoms with Crippen LogP contribution in [-0.4, -0.2) is 28.3 Å². The Labute approximate surface area is 65.4 Å². The predicted octanol–water partition coefficient (Wildman–Crippen LogP) is 2.62. The quantitative estimate of drug-likeness (QED) is 0.523. The Kier molecular flexibility index (Phi) is 4.48. The molecule has 0 bridgehead atoms. The van der Waals surface area contributed by atoms with E-state index < -0.39 is 20.2 Å². The fraction of sp³-hybridized carbons (Fsp3) is 1.00. The Morgan fingerprint density at radius 1 is 1.38 bits per heavy atom. The van der Waals surface area contributed by atoms with Gasteiger partial charge in [-0.25, -0.2) is 0 Å². The van der Waals surface area contributed by atoms with Crippen LogP contribution in [0.4, 0.5) is 0 Å². The van der Waals surface area contributed by atoms with Crippen LogP contribution in [0, 0.1) is 0 Å². The first-order valence-electron chi connectivity index (χ1n) is 2.65. The molecule has 0 radical (unpaired) electrons. The number of hydrogen-bond acceptors (Lipinski definition) is 2. The van der Waals surface area contributed by atoms with E-state index in [1.54, 1.807) is 0 Å². The van der Waals surface area contributed by atoms with Crippen LogP contribution >= 0.6 is 14.6 Å². The summed E-state index contributed by atoms with van der Waals surface area (Å²) in [6.07, 6.45) is 0. The molecular formula is C4H12GaPS2. The first-order chi connectivity index (χ1) is 3.42. The molecule has 8 heavy (non-hydrogen) atoms. The van der Waals surface area contributed by atoms with Crippen molar-refractivity contribution in [3.63, 3.8) is 0 Å². The zero-order valence-electron chi connectivity index (χ0n) is 5.84. The van der Waals surface area contributed by atoms with Crippen molar-refractivity contribution in [3.8, 4) is 0 Å². The minimum atomic E-state index is -0.889. The Balaban J connectivity index is 3.56. The van der Waals surface area contributed by atoms with Gasteiger partial charge in [0.05, 0.1) is 0 Å². The van der Waals surface area contributed by atoms with Crippen molar-refractivity contribution >= 4 is 41.4 Å². The van der Waals surface area contributed by atoms with E-state index in [2.05, 4.69) is 33.6 Å². The molecule has 0 aliphatic rings. The number of hydrogen-bond donors (Lipinski definition) is 0. The molecule has 0 amide bonds. The summed E-state index contributed by atoms with van der Waals surface area (Å²) in [4.78, 5) is 0. The van der Waals surface area contributed by atoms with E-state index in [0.717, 1.165) is 0 Å². The van der Waals surface area contributed by atoms with E-state index in [9.17, 15) is 0 Å². The van der Waals surface area contributed by atoms with Crippen LogP contribution in [0.5, 0.6) is 0 Å². The summed E-state index contributed by atoms with van der Waals surface area (Å²) in [6.45, 7) is 4.44. The van der Waals surface area contributed by atoms with E-state index in [1.807, 2.05) is 0 Å². The van der Waals surface area contributed by atoms with Crippen LogP contribution in [0.2, 0.25) is 11.0 Å². The average Bonchev–Trinajstić information content (AvgIpc) is 1.21. The van der Waals surface area contributed by atoms with Crippen molar-refractivity contribution in [2.24, 2.45) is 0 Å². The van der Waals surface area contributed by atoms with Crippen LogP contribution < -0.4 is 0 Å². The van der Waals surface area contributed by atoms with Gasteiger partial charge in [-0.2, -0.15) is 0 Å². The van der Waals surface area contributed by atoms with Crippen molar-refractivity contribution in [1.82, 2.24) is 0 Å². The van der Waals surface area contributed by atoms with Gasteiger partial charge < -0.3 is 0 Å². The van der Waals surface area contributed by atoms with Gasteiger partial charge in [-0.1, -0.05) is 0 Å². The van der Waals surface area contributed by atoms with Crippen LogP contribution in [0.1, 0.15) is 0 Å². The second-order valence-corrected chi connectivity index (χ2v) is 25.2. The topological polar surface area (TPSA) is 0 Å². The van der Waals surface area contributed by atoms with Crippen LogP contribution in [-0.2, 0) is 11.8 Å². The molecule has 0 spiro atoms. The van der Waals surface area contributed by atoms with Gasteiger partial charge in [0.25, 0.3) is 0 Å². The van der Waals surface area contributed by atoms with Crippen LogP contribution in [0.3, 0.4) is 0 Å². The van der Waals surface area contributed by atoms with Crippen molar-refractivity contribution < 1.29 is 0 Å². The molecule has 48 valence electrons. The molecular weight excluding hydrogens is 213 g/mol. The molecule has 0 rings (SSSR count). The van der Waals surface area contributed by atoms with Gasteiger partial charge in [-0.15, -0.1) is 0 Å². The van der Waals surface area contributed by atoms with Crippen molar-refractivity contribution in [2.75, 3.05) is 13.3 Å². The third kappa shape index (κ3) is 7.64. The Morgan fingerprint density at radius 2 is 1.75 bits per heavy atom. The van der Waals surface area contributed by atoms with Gasteiger partial charge in [0.15, 0.2) is 0 Å².